The number of nitrogens with one attached hydrogen (secondary N) is 1. The maximum Gasteiger partial charge on any atom is 0.225 e. The summed E-state index contributed by atoms with van der Waals surface area (Å²) in [5.41, 5.74) is 0. The Labute approximate surface area is 101 Å². The average Bonchev–Trinajstić information content (AvgIpc) is 2.28. The van der Waals surface area contributed by atoms with Gasteiger partial charge in [0, 0.05) is 23.6 Å². The molecule has 0 atom stereocenters. The van der Waals surface area contributed by atoms with E-state index < -0.39 is 0 Å². The summed E-state index contributed by atoms with van der Waals surface area (Å²) in [6, 6.07) is 1.76. The molecule has 0 saturated heterocycles. The Morgan fingerprint density at radius 2 is 2.25 bits per heavy atom. The van der Waals surface area contributed by atoms with Crippen LogP contribution in [0.25, 0.3) is 0 Å². The Morgan fingerprint density at radius 3 is 2.88 bits per heavy atom. The standard InChI is InChI=1S/C11H19N3OS/c1-5-15-9-6-7-12-10(14-9)13-8-11(2,3)16-4/h6-7H,5,8H2,1-4H3,(H,12,13,14). The van der Waals surface area contributed by atoms with Crippen LogP contribution >= 0.6 is 11.8 Å². The minimum atomic E-state index is 0.172. The number of ether oxygens (including phenoxy) is 1. The van der Waals surface area contributed by atoms with Gasteiger partial charge in [-0.15, -0.1) is 0 Å². The van der Waals surface area contributed by atoms with Gasteiger partial charge in [-0.3, -0.25) is 0 Å². The van der Waals surface area contributed by atoms with Gasteiger partial charge in [0.2, 0.25) is 11.8 Å². The Kier molecular flexibility index (Phi) is 4.86. The van der Waals surface area contributed by atoms with Crippen LogP contribution in [0.3, 0.4) is 0 Å². The molecule has 1 rings (SSSR count). The van der Waals surface area contributed by atoms with Gasteiger partial charge in [-0.1, -0.05) is 0 Å². The van der Waals surface area contributed by atoms with E-state index in [0.717, 1.165) is 6.54 Å². The lowest BCUT2D eigenvalue weighted by Gasteiger charge is -2.22. The number of rotatable bonds is 6. The second kappa shape index (κ2) is 5.94. The topological polar surface area (TPSA) is 47.0 Å². The van der Waals surface area contributed by atoms with E-state index in [1.165, 1.54) is 0 Å². The predicted octanol–water partition coefficient (Wildman–Crippen LogP) is 2.43. The van der Waals surface area contributed by atoms with Crippen LogP contribution in [0, 0.1) is 0 Å². The molecule has 4 nitrogen and oxygen atoms in total. The van der Waals surface area contributed by atoms with Crippen molar-refractivity contribution in [2.45, 2.75) is 25.5 Å². The number of aromatic nitrogens is 2. The fourth-order valence-corrected chi connectivity index (χ4v) is 1.24. The predicted molar refractivity (Wildman–Crippen MR) is 69.3 cm³/mol. The van der Waals surface area contributed by atoms with E-state index in [1.54, 1.807) is 12.3 Å². The monoisotopic (exact) mass is 241 g/mol. The SMILES string of the molecule is CCOc1ccnc(NCC(C)(C)SC)n1. The normalized spacial score (nSPS) is 11.2. The Bertz CT molecular complexity index is 331. The molecule has 16 heavy (non-hydrogen) atoms. The van der Waals surface area contributed by atoms with Crippen LogP contribution in [0.5, 0.6) is 5.88 Å². The Hall–Kier alpha value is -0.970. The summed E-state index contributed by atoms with van der Waals surface area (Å²) in [5, 5.41) is 3.21. The first-order chi connectivity index (χ1) is 7.57. The fraction of sp³-hybridized carbons (Fsp3) is 0.636. The second-order valence-corrected chi connectivity index (χ2v) is 5.48. The van der Waals surface area contributed by atoms with Gasteiger partial charge in [0.05, 0.1) is 6.61 Å². The number of thioether (sulfide) groups is 1. The molecule has 0 unspecified atom stereocenters. The second-order valence-electron chi connectivity index (χ2n) is 3.97. The fourth-order valence-electron chi connectivity index (χ4n) is 1.02. The van der Waals surface area contributed by atoms with Crippen molar-refractivity contribution in [3.05, 3.63) is 12.3 Å². The molecule has 0 bridgehead atoms. The van der Waals surface area contributed by atoms with Crippen molar-refractivity contribution in [3.8, 4) is 5.88 Å². The van der Waals surface area contributed by atoms with Gasteiger partial charge in [-0.05, 0) is 27.0 Å². The summed E-state index contributed by atoms with van der Waals surface area (Å²) in [7, 11) is 0. The summed E-state index contributed by atoms with van der Waals surface area (Å²) in [6.07, 6.45) is 3.80. The van der Waals surface area contributed by atoms with Gasteiger partial charge in [-0.25, -0.2) is 4.98 Å². The molecule has 0 fully saturated rings. The Balaban J connectivity index is 2.57. The first-order valence-electron chi connectivity index (χ1n) is 5.32. The number of anilines is 1. The van der Waals surface area contributed by atoms with Crippen molar-refractivity contribution in [1.82, 2.24) is 9.97 Å². The van der Waals surface area contributed by atoms with E-state index in [0.29, 0.717) is 18.4 Å². The molecule has 1 aromatic rings. The highest BCUT2D eigenvalue weighted by Gasteiger charge is 2.15. The molecular weight excluding hydrogens is 222 g/mol. The van der Waals surface area contributed by atoms with Crippen LogP contribution in [0.4, 0.5) is 5.95 Å². The van der Waals surface area contributed by atoms with Crippen LogP contribution in [0.1, 0.15) is 20.8 Å². The Morgan fingerprint density at radius 1 is 1.50 bits per heavy atom. The molecule has 0 amide bonds. The molecule has 0 spiro atoms. The highest BCUT2D eigenvalue weighted by atomic mass is 32.2. The maximum absolute atomic E-state index is 5.31. The molecule has 1 heterocycles. The van der Waals surface area contributed by atoms with Gasteiger partial charge < -0.3 is 10.1 Å². The summed E-state index contributed by atoms with van der Waals surface area (Å²) in [6.45, 7) is 7.73. The smallest absolute Gasteiger partial charge is 0.225 e. The van der Waals surface area contributed by atoms with Crippen LogP contribution in [0.15, 0.2) is 12.3 Å². The van der Waals surface area contributed by atoms with Crippen molar-refractivity contribution in [2.24, 2.45) is 0 Å². The third kappa shape index (κ3) is 4.26. The minimum Gasteiger partial charge on any atom is -0.478 e. The van der Waals surface area contributed by atoms with Crippen molar-refractivity contribution >= 4 is 17.7 Å². The zero-order valence-electron chi connectivity index (χ0n) is 10.3. The lowest BCUT2D eigenvalue weighted by Crippen LogP contribution is -2.26. The van der Waals surface area contributed by atoms with Gasteiger partial charge in [0.25, 0.3) is 0 Å². The van der Waals surface area contributed by atoms with E-state index in [9.17, 15) is 0 Å². The highest BCUT2D eigenvalue weighted by molar-refractivity contribution is 7.99. The van der Waals surface area contributed by atoms with Gasteiger partial charge in [0.15, 0.2) is 0 Å². The summed E-state index contributed by atoms with van der Waals surface area (Å²) in [4.78, 5) is 8.39. The molecule has 0 aliphatic carbocycles. The molecule has 0 aliphatic heterocycles. The molecule has 0 aliphatic rings. The zero-order chi connectivity index (χ0) is 12.0. The van der Waals surface area contributed by atoms with E-state index in [1.807, 2.05) is 18.7 Å². The number of hydrogen-bond donors (Lipinski definition) is 1. The van der Waals surface area contributed by atoms with E-state index in [4.69, 9.17) is 4.74 Å². The molecule has 1 N–H and O–H groups in total. The summed E-state index contributed by atoms with van der Waals surface area (Å²) in [5.74, 6) is 1.23. The quantitative estimate of drug-likeness (QED) is 0.829. The van der Waals surface area contributed by atoms with Gasteiger partial charge in [0.1, 0.15) is 0 Å². The lowest BCUT2D eigenvalue weighted by molar-refractivity contribution is 0.326. The lowest BCUT2D eigenvalue weighted by atomic mass is 10.2. The molecule has 0 radical (unpaired) electrons. The first-order valence-corrected chi connectivity index (χ1v) is 6.55. The van der Waals surface area contributed by atoms with Gasteiger partial charge >= 0.3 is 0 Å². The van der Waals surface area contributed by atoms with E-state index in [2.05, 4.69) is 35.4 Å². The summed E-state index contributed by atoms with van der Waals surface area (Å²) >= 11 is 1.81. The maximum atomic E-state index is 5.31. The van der Waals surface area contributed by atoms with Crippen molar-refractivity contribution < 1.29 is 4.74 Å². The zero-order valence-corrected chi connectivity index (χ0v) is 11.1. The van der Waals surface area contributed by atoms with Crippen molar-refractivity contribution in [3.63, 3.8) is 0 Å². The third-order valence-corrected chi connectivity index (χ3v) is 3.40. The number of hydrogen-bond acceptors (Lipinski definition) is 5. The van der Waals surface area contributed by atoms with Crippen LogP contribution < -0.4 is 10.1 Å². The molecule has 5 heteroatoms. The molecule has 0 aromatic carbocycles. The van der Waals surface area contributed by atoms with Crippen molar-refractivity contribution in [2.75, 3.05) is 24.7 Å². The molecule has 1 aromatic heterocycles. The first kappa shape index (κ1) is 13.1. The largest absolute Gasteiger partial charge is 0.478 e. The van der Waals surface area contributed by atoms with Crippen molar-refractivity contribution in [1.29, 1.82) is 0 Å². The van der Waals surface area contributed by atoms with E-state index >= 15 is 0 Å². The van der Waals surface area contributed by atoms with Crippen LogP contribution in [-0.4, -0.2) is 34.1 Å². The molecular formula is C11H19N3OS. The number of nitrogens with zero attached hydrogens (tertiary/aromatic N) is 2. The summed E-state index contributed by atoms with van der Waals surface area (Å²) < 4.78 is 5.48. The molecule has 0 saturated carbocycles. The minimum absolute atomic E-state index is 0.172. The highest BCUT2D eigenvalue weighted by Crippen LogP contribution is 2.21. The molecule has 90 valence electrons. The third-order valence-electron chi connectivity index (χ3n) is 2.15. The van der Waals surface area contributed by atoms with Crippen LogP contribution in [-0.2, 0) is 0 Å². The van der Waals surface area contributed by atoms with Gasteiger partial charge in [-0.2, -0.15) is 16.7 Å². The van der Waals surface area contributed by atoms with Crippen LogP contribution in [0.2, 0.25) is 0 Å². The van der Waals surface area contributed by atoms with E-state index in [-0.39, 0.29) is 4.75 Å². The average molecular weight is 241 g/mol.